The summed E-state index contributed by atoms with van der Waals surface area (Å²) in [5.74, 6) is 3.67. The Labute approximate surface area is 416 Å². The van der Waals surface area contributed by atoms with E-state index in [1.807, 2.05) is 37.5 Å². The molecule has 3 aromatic carbocycles. The number of alkyl carbamates (subject to hydrolysis) is 2. The number of nitrogens with zero attached hydrogens (tertiary/aromatic N) is 5. The first-order valence-corrected chi connectivity index (χ1v) is 26.5. The van der Waals surface area contributed by atoms with Gasteiger partial charge in [0.15, 0.2) is 0 Å². The van der Waals surface area contributed by atoms with E-state index in [2.05, 4.69) is 86.2 Å². The Morgan fingerprint density at radius 3 is 1.62 bits per heavy atom. The molecule has 12 rings (SSSR count). The largest absolute Gasteiger partial charge is 0.453 e. The van der Waals surface area contributed by atoms with Crippen molar-refractivity contribution in [3.63, 3.8) is 0 Å². The number of carbonyl (C=O) groups excluding carboxylic acids is 4. The van der Waals surface area contributed by atoms with E-state index in [9.17, 15) is 19.2 Å². The minimum absolute atomic E-state index is 0.0780. The molecule has 1 unspecified atom stereocenters. The molecule has 4 N–H and O–H groups in total. The molecule has 4 amide bonds. The zero-order chi connectivity index (χ0) is 49.3. The third-order valence-corrected chi connectivity index (χ3v) is 17.5. The average molecular weight is 966 g/mol. The van der Waals surface area contributed by atoms with Gasteiger partial charge < -0.3 is 44.8 Å². The SMILES string of the molecule is COC(=O)N[C@H](C(=O)N1CCC[C@H]1c1nc2cc([C@H]3CCC(c4ccc5nc([C@@H]6CCCN6C(=O)[C@@H](NC(=O)OC)C(C)C)[nH]c5c4)N3c3ccc(C45CC6CC(CC(C6)C4)C5)cc3)ccc2[nH]1)C(C)C. The number of rotatable bonds is 12. The van der Waals surface area contributed by atoms with Crippen molar-refractivity contribution >= 4 is 51.8 Å². The number of H-pyrrole nitrogens is 2. The summed E-state index contributed by atoms with van der Waals surface area (Å²) in [6.45, 7) is 8.91. The molecule has 15 nitrogen and oxygen atoms in total. The summed E-state index contributed by atoms with van der Waals surface area (Å²) >= 11 is 0. The van der Waals surface area contributed by atoms with Crippen LogP contribution in [0.25, 0.3) is 22.1 Å². The number of aromatic nitrogens is 4. The lowest BCUT2D eigenvalue weighted by molar-refractivity contribution is -0.136. The van der Waals surface area contributed by atoms with Gasteiger partial charge in [-0.15, -0.1) is 0 Å². The van der Waals surface area contributed by atoms with Crippen LogP contribution in [-0.4, -0.2) is 93.1 Å². The van der Waals surface area contributed by atoms with Gasteiger partial charge in [-0.3, -0.25) is 9.59 Å². The smallest absolute Gasteiger partial charge is 0.407 e. The number of nitrogens with one attached hydrogen (secondary N) is 4. The van der Waals surface area contributed by atoms with Crippen molar-refractivity contribution in [3.8, 4) is 0 Å². The summed E-state index contributed by atoms with van der Waals surface area (Å²) in [6.07, 6.45) is 12.2. The van der Waals surface area contributed by atoms with Gasteiger partial charge in [0.2, 0.25) is 11.8 Å². The maximum absolute atomic E-state index is 14.0. The zero-order valence-electron chi connectivity index (χ0n) is 42.2. The Bertz CT molecular complexity index is 2640. The first kappa shape index (κ1) is 47.2. The monoisotopic (exact) mass is 966 g/mol. The number of fused-ring (bicyclic) bond motifs is 2. The van der Waals surface area contributed by atoms with Crippen molar-refractivity contribution in [2.75, 3.05) is 32.2 Å². The van der Waals surface area contributed by atoms with Crippen LogP contribution in [0.1, 0.15) is 157 Å². The fraction of sp³-hybridized carbons (Fsp3) is 0.571. The predicted molar refractivity (Wildman–Crippen MR) is 271 cm³/mol. The second-order valence-corrected chi connectivity index (χ2v) is 22.7. The van der Waals surface area contributed by atoms with Gasteiger partial charge in [0, 0.05) is 18.8 Å². The number of imidazole rings is 2. The number of anilines is 1. The first-order valence-electron chi connectivity index (χ1n) is 26.5. The van der Waals surface area contributed by atoms with Crippen LogP contribution in [0, 0.1) is 29.6 Å². The summed E-state index contributed by atoms with van der Waals surface area (Å²) < 4.78 is 9.73. The third-order valence-electron chi connectivity index (χ3n) is 17.5. The predicted octanol–water partition coefficient (Wildman–Crippen LogP) is 10.1. The molecule has 3 saturated heterocycles. The Hall–Kier alpha value is -6.12. The van der Waals surface area contributed by atoms with E-state index < -0.39 is 24.3 Å². The molecule has 4 bridgehead atoms. The minimum atomic E-state index is -0.702. The van der Waals surface area contributed by atoms with Gasteiger partial charge in [0.25, 0.3) is 0 Å². The van der Waals surface area contributed by atoms with Crippen LogP contribution in [0.5, 0.6) is 0 Å². The summed E-state index contributed by atoms with van der Waals surface area (Å²) in [6, 6.07) is 21.2. The Kier molecular flexibility index (Phi) is 12.5. The first-order chi connectivity index (χ1) is 34.3. The molecular weight excluding hydrogens is 895 g/mol. The molecule has 15 heteroatoms. The normalized spacial score (nSPS) is 27.8. The number of carbonyl (C=O) groups is 4. The number of likely N-dealkylation sites (tertiary alicyclic amines) is 2. The number of amides is 4. The van der Waals surface area contributed by atoms with Crippen molar-refractivity contribution in [3.05, 3.63) is 89.0 Å². The lowest BCUT2D eigenvalue weighted by atomic mass is 9.48. The van der Waals surface area contributed by atoms with Crippen LogP contribution in [0.3, 0.4) is 0 Å². The number of methoxy groups -OCH3 is 2. The van der Waals surface area contributed by atoms with E-state index in [0.29, 0.717) is 18.5 Å². The highest BCUT2D eigenvalue weighted by Gasteiger charge is 2.52. The summed E-state index contributed by atoms with van der Waals surface area (Å²) in [5, 5.41) is 5.53. The number of hydrogen-bond donors (Lipinski definition) is 4. The van der Waals surface area contributed by atoms with Crippen LogP contribution in [0.2, 0.25) is 0 Å². The lowest BCUT2D eigenvalue weighted by Crippen LogP contribution is -2.51. The fourth-order valence-corrected chi connectivity index (χ4v) is 14.5. The maximum atomic E-state index is 14.0. The number of benzene rings is 3. The molecule has 7 fully saturated rings. The highest BCUT2D eigenvalue weighted by Crippen LogP contribution is 2.61. The van der Waals surface area contributed by atoms with E-state index in [0.717, 1.165) is 90.0 Å². The average Bonchev–Trinajstić information content (AvgIpc) is 4.22. The van der Waals surface area contributed by atoms with Crippen molar-refractivity contribution in [2.45, 2.75) is 146 Å². The van der Waals surface area contributed by atoms with Gasteiger partial charge in [-0.2, -0.15) is 0 Å². The molecule has 5 aromatic rings. The molecule has 0 radical (unpaired) electrons. The summed E-state index contributed by atoms with van der Waals surface area (Å²) in [5.41, 5.74) is 9.04. The quantitative estimate of drug-likeness (QED) is 0.0948. The standard InChI is InChI=1S/C56H71N9O6/c1-31(2)48(61-54(68)70-5)52(66)63-21-7-9-46(63)50-57-40-17-11-36(26-42(40)59-50)44-19-20-45(65(44)39-15-13-38(14-16-39)56-28-33-23-34(29-56)25-35(24-33)30-56)37-12-18-41-43(27-37)60-51(58-41)47-10-8-22-64(47)53(67)49(32(3)4)62-55(69)71-6/h11-18,26-27,31-35,44-49H,7-10,19-25,28-30H2,1-6H3,(H,57,59)(H,58,60)(H,61,68)(H,62,69)/t33?,34?,35?,44-,45?,46+,47+,48+,49+,56?/m1/s1. The molecule has 376 valence electrons. The van der Waals surface area contributed by atoms with Crippen molar-refractivity contribution in [2.24, 2.45) is 29.6 Å². The van der Waals surface area contributed by atoms with Crippen LogP contribution >= 0.6 is 0 Å². The number of aromatic amines is 2. The zero-order valence-corrected chi connectivity index (χ0v) is 42.2. The van der Waals surface area contributed by atoms with Gasteiger partial charge in [0.1, 0.15) is 23.7 Å². The van der Waals surface area contributed by atoms with Crippen molar-refractivity contribution in [1.82, 2.24) is 40.4 Å². The van der Waals surface area contributed by atoms with Gasteiger partial charge in [-0.05, 0) is 165 Å². The summed E-state index contributed by atoms with van der Waals surface area (Å²) in [7, 11) is 2.63. The summed E-state index contributed by atoms with van der Waals surface area (Å²) in [4.78, 5) is 76.3. The third kappa shape index (κ3) is 8.68. The molecule has 3 aliphatic heterocycles. The highest BCUT2D eigenvalue weighted by atomic mass is 16.5. The number of hydrogen-bond acceptors (Lipinski definition) is 9. The highest BCUT2D eigenvalue weighted by molar-refractivity contribution is 5.87. The van der Waals surface area contributed by atoms with E-state index in [1.54, 1.807) is 0 Å². The topological polar surface area (TPSA) is 178 Å². The molecule has 0 spiro atoms. The van der Waals surface area contributed by atoms with E-state index >= 15 is 0 Å². The Balaban J connectivity index is 0.901. The maximum Gasteiger partial charge on any atom is 0.407 e. The lowest BCUT2D eigenvalue weighted by Gasteiger charge is -2.57. The van der Waals surface area contributed by atoms with Crippen molar-refractivity contribution < 1.29 is 28.7 Å². The molecular formula is C56H71N9O6. The van der Waals surface area contributed by atoms with Gasteiger partial charge in [0.05, 0.1) is 60.5 Å². The minimum Gasteiger partial charge on any atom is -0.453 e. The molecule has 5 heterocycles. The second-order valence-electron chi connectivity index (χ2n) is 22.7. The molecule has 4 aliphatic carbocycles. The van der Waals surface area contributed by atoms with E-state index in [4.69, 9.17) is 19.4 Å². The molecule has 2 aromatic heterocycles. The van der Waals surface area contributed by atoms with Crippen LogP contribution in [-0.2, 0) is 24.5 Å². The molecule has 4 saturated carbocycles. The van der Waals surface area contributed by atoms with Gasteiger partial charge in [-0.25, -0.2) is 19.6 Å². The molecule has 6 atom stereocenters. The van der Waals surface area contributed by atoms with E-state index in [1.165, 1.54) is 75.1 Å². The molecule has 7 aliphatic rings. The Morgan fingerprint density at radius 2 is 1.10 bits per heavy atom. The van der Waals surface area contributed by atoms with E-state index in [-0.39, 0.29) is 47.8 Å². The van der Waals surface area contributed by atoms with Gasteiger partial charge >= 0.3 is 12.2 Å². The van der Waals surface area contributed by atoms with Crippen molar-refractivity contribution in [1.29, 1.82) is 0 Å². The van der Waals surface area contributed by atoms with Crippen LogP contribution < -0.4 is 15.5 Å². The van der Waals surface area contributed by atoms with Crippen LogP contribution in [0.4, 0.5) is 15.3 Å². The van der Waals surface area contributed by atoms with Crippen LogP contribution in [0.15, 0.2) is 60.7 Å². The second kappa shape index (κ2) is 18.8. The fourth-order valence-electron chi connectivity index (χ4n) is 14.5. The van der Waals surface area contributed by atoms with Gasteiger partial charge in [-0.1, -0.05) is 52.0 Å². The molecule has 71 heavy (non-hydrogen) atoms. The number of ether oxygens (including phenoxy) is 2. The Morgan fingerprint density at radius 1 is 0.606 bits per heavy atom.